The summed E-state index contributed by atoms with van der Waals surface area (Å²) < 4.78 is 27.7. The monoisotopic (exact) mass is 380 g/mol. The van der Waals surface area contributed by atoms with Gasteiger partial charge in [0.25, 0.3) is 0 Å². The Hall–Kier alpha value is -1.79. The normalized spacial score (nSPS) is 11.8. The summed E-state index contributed by atoms with van der Waals surface area (Å²) in [5.74, 6) is 0. The van der Waals surface area contributed by atoms with Gasteiger partial charge in [0.2, 0.25) is 10.0 Å². The second kappa shape index (κ2) is 6.61. The van der Waals surface area contributed by atoms with Crippen LogP contribution in [-0.4, -0.2) is 8.42 Å². The van der Waals surface area contributed by atoms with Crippen LogP contribution in [0.15, 0.2) is 59.5 Å². The van der Waals surface area contributed by atoms with Crippen LogP contribution in [0.3, 0.4) is 0 Å². The predicted molar refractivity (Wildman–Crippen MR) is 98.8 cm³/mol. The summed E-state index contributed by atoms with van der Waals surface area (Å²) >= 11 is 11.8. The third kappa shape index (κ3) is 3.35. The lowest BCUT2D eigenvalue weighted by molar-refractivity contribution is 0.582. The number of hydrogen-bond donors (Lipinski definition) is 2. The van der Waals surface area contributed by atoms with Crippen molar-refractivity contribution in [2.45, 2.75) is 11.4 Å². The van der Waals surface area contributed by atoms with Gasteiger partial charge in [-0.15, -0.1) is 0 Å². The van der Waals surface area contributed by atoms with E-state index in [1.807, 2.05) is 42.5 Å². The molecule has 0 aliphatic heterocycles. The molecule has 4 nitrogen and oxygen atoms in total. The molecule has 0 amide bonds. The number of sulfonamides is 1. The summed E-state index contributed by atoms with van der Waals surface area (Å²) in [5, 5.41) is 2.30. The Morgan fingerprint density at radius 3 is 2.46 bits per heavy atom. The van der Waals surface area contributed by atoms with Gasteiger partial charge in [0, 0.05) is 11.6 Å². The molecule has 0 bridgehead atoms. The summed E-state index contributed by atoms with van der Waals surface area (Å²) in [6, 6.07) is 16.2. The largest absolute Gasteiger partial charge is 0.398 e. The first-order valence-electron chi connectivity index (χ1n) is 7.09. The van der Waals surface area contributed by atoms with E-state index in [-0.39, 0.29) is 27.2 Å². The molecule has 3 rings (SSSR count). The van der Waals surface area contributed by atoms with Crippen molar-refractivity contribution < 1.29 is 8.42 Å². The molecule has 0 heterocycles. The number of halogens is 2. The fourth-order valence-corrected chi connectivity index (χ4v) is 4.54. The molecule has 7 heteroatoms. The maximum atomic E-state index is 12.6. The van der Waals surface area contributed by atoms with E-state index in [0.29, 0.717) is 0 Å². The van der Waals surface area contributed by atoms with Gasteiger partial charge >= 0.3 is 0 Å². The van der Waals surface area contributed by atoms with Gasteiger partial charge in [-0.2, -0.15) is 0 Å². The molecule has 124 valence electrons. The zero-order valence-electron chi connectivity index (χ0n) is 12.5. The average Bonchev–Trinajstić information content (AvgIpc) is 2.51. The van der Waals surface area contributed by atoms with Crippen LogP contribution in [-0.2, 0) is 16.6 Å². The van der Waals surface area contributed by atoms with E-state index >= 15 is 0 Å². The lowest BCUT2D eigenvalue weighted by Gasteiger charge is -2.12. The van der Waals surface area contributed by atoms with Crippen molar-refractivity contribution in [3.05, 3.63) is 70.2 Å². The van der Waals surface area contributed by atoms with Crippen molar-refractivity contribution in [1.29, 1.82) is 0 Å². The highest BCUT2D eigenvalue weighted by molar-refractivity contribution is 7.89. The number of fused-ring (bicyclic) bond motifs is 1. The Morgan fingerprint density at radius 1 is 1.00 bits per heavy atom. The molecule has 24 heavy (non-hydrogen) atoms. The van der Waals surface area contributed by atoms with Crippen LogP contribution in [0.1, 0.15) is 5.56 Å². The fourth-order valence-electron chi connectivity index (χ4n) is 2.56. The minimum atomic E-state index is -3.87. The second-order valence-electron chi connectivity index (χ2n) is 5.27. The van der Waals surface area contributed by atoms with E-state index in [1.165, 1.54) is 12.1 Å². The average molecular weight is 381 g/mol. The molecular weight excluding hydrogens is 367 g/mol. The summed E-state index contributed by atoms with van der Waals surface area (Å²) in [5.41, 5.74) is 6.65. The predicted octanol–water partition coefficient (Wildman–Crippen LogP) is 4.21. The van der Waals surface area contributed by atoms with Gasteiger partial charge in [0.05, 0.1) is 10.7 Å². The van der Waals surface area contributed by atoms with Gasteiger partial charge in [0.1, 0.15) is 4.90 Å². The van der Waals surface area contributed by atoms with Crippen molar-refractivity contribution in [1.82, 2.24) is 4.72 Å². The summed E-state index contributed by atoms with van der Waals surface area (Å²) in [4.78, 5) is -0.159. The molecule has 3 aromatic carbocycles. The zero-order chi connectivity index (χ0) is 17.3. The van der Waals surface area contributed by atoms with Crippen LogP contribution in [0.2, 0.25) is 10.0 Å². The SMILES string of the molecule is Nc1cc(Cl)cc(Cl)c1S(=O)(=O)NCc1cccc2ccccc12. The molecular formula is C17H14Cl2N2O2S. The molecule has 0 saturated carbocycles. The third-order valence-corrected chi connectivity index (χ3v) is 5.78. The Bertz CT molecular complexity index is 992. The molecule has 0 unspecified atom stereocenters. The Kier molecular flexibility index (Phi) is 4.69. The number of anilines is 1. The first-order chi connectivity index (χ1) is 11.4. The Labute approximate surface area is 150 Å². The molecule has 0 atom stereocenters. The molecule has 0 fully saturated rings. The van der Waals surface area contributed by atoms with Crippen molar-refractivity contribution in [3.63, 3.8) is 0 Å². The smallest absolute Gasteiger partial charge is 0.244 e. The highest BCUT2D eigenvalue weighted by Crippen LogP contribution is 2.31. The van der Waals surface area contributed by atoms with Crippen LogP contribution >= 0.6 is 23.2 Å². The molecule has 0 aliphatic rings. The maximum absolute atomic E-state index is 12.6. The topological polar surface area (TPSA) is 72.2 Å². The van der Waals surface area contributed by atoms with E-state index in [2.05, 4.69) is 4.72 Å². The minimum absolute atomic E-state index is 0.00887. The van der Waals surface area contributed by atoms with Crippen molar-refractivity contribution in [2.75, 3.05) is 5.73 Å². The highest BCUT2D eigenvalue weighted by atomic mass is 35.5. The molecule has 0 aliphatic carbocycles. The van der Waals surface area contributed by atoms with E-state index < -0.39 is 10.0 Å². The van der Waals surface area contributed by atoms with Crippen LogP contribution in [0, 0.1) is 0 Å². The summed E-state index contributed by atoms with van der Waals surface area (Å²) in [7, 11) is -3.87. The van der Waals surface area contributed by atoms with Crippen LogP contribution in [0.25, 0.3) is 10.8 Å². The van der Waals surface area contributed by atoms with Gasteiger partial charge in [-0.25, -0.2) is 13.1 Å². The molecule has 3 aromatic rings. The molecule has 0 radical (unpaired) electrons. The highest BCUT2D eigenvalue weighted by Gasteiger charge is 2.22. The van der Waals surface area contributed by atoms with Gasteiger partial charge in [-0.1, -0.05) is 65.7 Å². The maximum Gasteiger partial charge on any atom is 0.244 e. The first-order valence-corrected chi connectivity index (χ1v) is 9.33. The number of nitrogen functional groups attached to an aromatic ring is 1. The van der Waals surface area contributed by atoms with Crippen LogP contribution in [0.4, 0.5) is 5.69 Å². The van der Waals surface area contributed by atoms with Crippen molar-refractivity contribution >= 4 is 49.7 Å². The van der Waals surface area contributed by atoms with E-state index in [0.717, 1.165) is 16.3 Å². The Balaban J connectivity index is 1.93. The van der Waals surface area contributed by atoms with E-state index in [1.54, 1.807) is 0 Å². The zero-order valence-corrected chi connectivity index (χ0v) is 14.8. The lowest BCUT2D eigenvalue weighted by atomic mass is 10.1. The third-order valence-electron chi connectivity index (χ3n) is 3.64. The summed E-state index contributed by atoms with van der Waals surface area (Å²) in [6.45, 7) is 0.127. The second-order valence-corrected chi connectivity index (χ2v) is 7.82. The van der Waals surface area contributed by atoms with E-state index in [4.69, 9.17) is 28.9 Å². The number of hydrogen-bond acceptors (Lipinski definition) is 3. The Morgan fingerprint density at radius 2 is 1.71 bits per heavy atom. The fraction of sp³-hybridized carbons (Fsp3) is 0.0588. The van der Waals surface area contributed by atoms with Crippen LogP contribution in [0.5, 0.6) is 0 Å². The van der Waals surface area contributed by atoms with Crippen molar-refractivity contribution in [3.8, 4) is 0 Å². The number of rotatable bonds is 4. The summed E-state index contributed by atoms with van der Waals surface area (Å²) in [6.07, 6.45) is 0. The quantitative estimate of drug-likeness (QED) is 0.665. The first kappa shape index (κ1) is 17.0. The van der Waals surface area contributed by atoms with Gasteiger partial charge in [-0.3, -0.25) is 0 Å². The molecule has 0 aromatic heterocycles. The van der Waals surface area contributed by atoms with Crippen molar-refractivity contribution in [2.24, 2.45) is 0 Å². The van der Waals surface area contributed by atoms with Crippen LogP contribution < -0.4 is 10.5 Å². The number of nitrogens with one attached hydrogen (secondary N) is 1. The standard InChI is InChI=1S/C17H14Cl2N2O2S/c18-13-8-15(19)17(16(20)9-13)24(22,23)21-10-12-6-3-5-11-4-1-2-7-14(11)12/h1-9,21H,10,20H2. The number of nitrogens with two attached hydrogens (primary N) is 1. The number of benzene rings is 3. The molecule has 3 N–H and O–H groups in total. The van der Waals surface area contributed by atoms with Gasteiger partial charge < -0.3 is 5.73 Å². The minimum Gasteiger partial charge on any atom is -0.398 e. The van der Waals surface area contributed by atoms with Gasteiger partial charge in [0.15, 0.2) is 0 Å². The molecule has 0 spiro atoms. The van der Waals surface area contributed by atoms with Gasteiger partial charge in [-0.05, 0) is 28.5 Å². The lowest BCUT2D eigenvalue weighted by Crippen LogP contribution is -2.24. The van der Waals surface area contributed by atoms with E-state index in [9.17, 15) is 8.42 Å². The molecule has 0 saturated heterocycles.